The molecule has 0 aliphatic carbocycles. The third-order valence-electron chi connectivity index (χ3n) is 2.80. The summed E-state index contributed by atoms with van der Waals surface area (Å²) in [5.41, 5.74) is 0.882. The number of hydrogen-bond donors (Lipinski definition) is 2. The number of hydrogen-bond acceptors (Lipinski definition) is 5. The van der Waals surface area contributed by atoms with E-state index in [0.29, 0.717) is 0 Å². The molecule has 2 atom stereocenters. The molecule has 2 unspecified atom stereocenters. The molecule has 0 radical (unpaired) electrons. The fourth-order valence-electron chi connectivity index (χ4n) is 1.74. The predicted molar refractivity (Wildman–Crippen MR) is 80.1 cm³/mol. The van der Waals surface area contributed by atoms with E-state index in [1.54, 1.807) is 6.92 Å². The number of thiocarbonyl (C=S) groups is 1. The van der Waals surface area contributed by atoms with Crippen LogP contribution in [-0.2, 0) is 14.4 Å². The van der Waals surface area contributed by atoms with Crippen molar-refractivity contribution < 1.29 is 14.4 Å². The van der Waals surface area contributed by atoms with Crippen LogP contribution in [0.15, 0.2) is 30.3 Å². The Morgan fingerprint density at radius 1 is 1.35 bits per heavy atom. The van der Waals surface area contributed by atoms with E-state index < -0.39 is 22.8 Å². The highest BCUT2D eigenvalue weighted by atomic mass is 32.2. The van der Waals surface area contributed by atoms with Gasteiger partial charge in [-0.1, -0.05) is 54.3 Å². The van der Waals surface area contributed by atoms with Gasteiger partial charge in [-0.15, -0.1) is 0 Å². The van der Waals surface area contributed by atoms with Crippen LogP contribution in [-0.4, -0.2) is 27.2 Å². The molecule has 2 N–H and O–H groups in total. The van der Waals surface area contributed by atoms with Crippen molar-refractivity contribution in [3.05, 3.63) is 35.9 Å². The molecule has 0 bridgehead atoms. The molecule has 2 rings (SSSR count). The van der Waals surface area contributed by atoms with Crippen LogP contribution in [0.25, 0.3) is 0 Å². The molecule has 1 aliphatic rings. The maximum Gasteiger partial charge on any atom is 0.289 e. The zero-order valence-corrected chi connectivity index (χ0v) is 12.2. The van der Waals surface area contributed by atoms with Gasteiger partial charge >= 0.3 is 0 Å². The molecule has 104 valence electrons. The first-order valence-electron chi connectivity index (χ1n) is 5.90. The largest absolute Gasteiger partial charge is 0.343 e. The van der Waals surface area contributed by atoms with Crippen molar-refractivity contribution in [1.82, 2.24) is 10.6 Å². The number of thioether (sulfide) groups is 1. The number of rotatable bonds is 4. The Labute approximate surface area is 125 Å². The van der Waals surface area contributed by atoms with Gasteiger partial charge in [0.15, 0.2) is 5.25 Å². The summed E-state index contributed by atoms with van der Waals surface area (Å²) in [4.78, 5) is 35.2. The van der Waals surface area contributed by atoms with Gasteiger partial charge in [0, 0.05) is 0 Å². The van der Waals surface area contributed by atoms with Crippen molar-refractivity contribution in [3.63, 3.8) is 0 Å². The van der Waals surface area contributed by atoms with Crippen molar-refractivity contribution >= 4 is 45.9 Å². The van der Waals surface area contributed by atoms with Crippen LogP contribution >= 0.6 is 24.0 Å². The minimum atomic E-state index is -1.08. The van der Waals surface area contributed by atoms with E-state index in [-0.39, 0.29) is 10.4 Å². The van der Waals surface area contributed by atoms with E-state index in [1.807, 2.05) is 30.3 Å². The summed E-state index contributed by atoms with van der Waals surface area (Å²) in [7, 11) is 0. The normalized spacial score (nSPS) is 19.4. The Bertz CT molecular complexity index is 574. The Hall–Kier alpha value is -1.73. The molecule has 5 nitrogen and oxygen atoms in total. The quantitative estimate of drug-likeness (QED) is 0.492. The lowest BCUT2D eigenvalue weighted by molar-refractivity contribution is -0.139. The van der Waals surface area contributed by atoms with Crippen LogP contribution in [0, 0.1) is 0 Å². The van der Waals surface area contributed by atoms with Crippen molar-refractivity contribution in [2.45, 2.75) is 18.2 Å². The van der Waals surface area contributed by atoms with Gasteiger partial charge in [-0.3, -0.25) is 14.4 Å². The highest BCUT2D eigenvalue weighted by molar-refractivity contribution is 8.25. The highest BCUT2D eigenvalue weighted by Gasteiger charge is 2.38. The third-order valence-corrected chi connectivity index (χ3v) is 4.17. The molecule has 1 aliphatic heterocycles. The fourth-order valence-corrected chi connectivity index (χ4v) is 2.88. The second kappa shape index (κ2) is 6.15. The summed E-state index contributed by atoms with van der Waals surface area (Å²) in [6, 6.07) is 8.94. The smallest absolute Gasteiger partial charge is 0.289 e. The van der Waals surface area contributed by atoms with Gasteiger partial charge in [0.05, 0.1) is 6.04 Å². The van der Waals surface area contributed by atoms with Gasteiger partial charge in [0.1, 0.15) is 4.32 Å². The third kappa shape index (κ3) is 3.23. The molecule has 1 aromatic carbocycles. The summed E-state index contributed by atoms with van der Waals surface area (Å²) in [5.74, 6) is -2.10. The number of carbonyl (C=O) groups excluding carboxylic acids is 3. The Balaban J connectivity index is 2.00. The van der Waals surface area contributed by atoms with Gasteiger partial charge in [-0.25, -0.2) is 0 Å². The van der Waals surface area contributed by atoms with E-state index in [1.165, 1.54) is 0 Å². The predicted octanol–water partition coefficient (Wildman–Crippen LogP) is 0.949. The molecule has 7 heteroatoms. The molecule has 1 fully saturated rings. The van der Waals surface area contributed by atoms with Crippen LogP contribution < -0.4 is 10.6 Å². The summed E-state index contributed by atoms with van der Waals surface area (Å²) in [6.07, 6.45) is 0. The van der Waals surface area contributed by atoms with Crippen LogP contribution in [0.1, 0.15) is 18.5 Å². The Morgan fingerprint density at radius 2 is 2.00 bits per heavy atom. The van der Waals surface area contributed by atoms with Crippen molar-refractivity contribution in [2.75, 3.05) is 0 Å². The second-order valence-electron chi connectivity index (χ2n) is 4.24. The topological polar surface area (TPSA) is 75.3 Å². The van der Waals surface area contributed by atoms with Crippen LogP contribution in [0.2, 0.25) is 0 Å². The Kier molecular flexibility index (Phi) is 4.51. The first-order chi connectivity index (χ1) is 9.49. The molecule has 0 aromatic heterocycles. The number of carbonyl (C=O) groups is 3. The highest BCUT2D eigenvalue weighted by Crippen LogP contribution is 2.20. The lowest BCUT2D eigenvalue weighted by Gasteiger charge is -2.14. The van der Waals surface area contributed by atoms with Crippen LogP contribution in [0.5, 0.6) is 0 Å². The van der Waals surface area contributed by atoms with Crippen molar-refractivity contribution in [2.24, 2.45) is 0 Å². The van der Waals surface area contributed by atoms with Gasteiger partial charge < -0.3 is 10.6 Å². The lowest BCUT2D eigenvalue weighted by Crippen LogP contribution is -2.41. The molecule has 0 saturated carbocycles. The minimum Gasteiger partial charge on any atom is -0.343 e. The van der Waals surface area contributed by atoms with Crippen molar-refractivity contribution in [1.29, 1.82) is 0 Å². The maximum absolute atomic E-state index is 11.9. The molecule has 20 heavy (non-hydrogen) atoms. The van der Waals surface area contributed by atoms with Gasteiger partial charge in [0.2, 0.25) is 11.7 Å². The van der Waals surface area contributed by atoms with E-state index in [0.717, 1.165) is 17.3 Å². The van der Waals surface area contributed by atoms with Crippen LogP contribution in [0.4, 0.5) is 0 Å². The van der Waals surface area contributed by atoms with Gasteiger partial charge in [0.25, 0.3) is 5.91 Å². The summed E-state index contributed by atoms with van der Waals surface area (Å²) >= 11 is 5.68. The molecule has 0 spiro atoms. The van der Waals surface area contributed by atoms with Crippen LogP contribution in [0.3, 0.4) is 0 Å². The summed E-state index contributed by atoms with van der Waals surface area (Å²) < 4.78 is 0.220. The van der Waals surface area contributed by atoms with E-state index in [4.69, 9.17) is 12.2 Å². The first-order valence-corrected chi connectivity index (χ1v) is 7.19. The monoisotopic (exact) mass is 308 g/mol. The van der Waals surface area contributed by atoms with E-state index in [9.17, 15) is 14.4 Å². The maximum atomic E-state index is 11.9. The number of Topliss-reactive ketones (excluding diaryl/α,β-unsaturated/α-hetero) is 1. The zero-order valence-electron chi connectivity index (χ0n) is 10.6. The fraction of sp³-hybridized carbons (Fsp3) is 0.231. The Morgan fingerprint density at radius 3 is 2.55 bits per heavy atom. The standard InChI is InChI=1S/C13H12N2O3S2/c1-7(8-5-3-2-4-6-8)14-11(17)9(16)10-12(18)15-13(19)20-10/h2-7,10H,1H3,(H,14,17)(H,15,18,19). The second-order valence-corrected chi connectivity index (χ2v) is 6.03. The summed E-state index contributed by atoms with van der Waals surface area (Å²) in [5, 5.41) is 3.85. The average molecular weight is 308 g/mol. The molecule has 2 amide bonds. The number of benzene rings is 1. The molecular formula is C13H12N2O3S2. The SMILES string of the molecule is CC(NC(=O)C(=O)C1SC(=S)NC1=O)c1ccccc1. The van der Waals surface area contributed by atoms with Crippen molar-refractivity contribution in [3.8, 4) is 0 Å². The number of nitrogens with one attached hydrogen (secondary N) is 2. The summed E-state index contributed by atoms with van der Waals surface area (Å²) in [6.45, 7) is 1.77. The average Bonchev–Trinajstić information content (AvgIpc) is 2.77. The van der Waals surface area contributed by atoms with Gasteiger partial charge in [-0.2, -0.15) is 0 Å². The molecular weight excluding hydrogens is 296 g/mol. The van der Waals surface area contributed by atoms with Gasteiger partial charge in [-0.05, 0) is 12.5 Å². The lowest BCUT2D eigenvalue weighted by atomic mass is 10.1. The first kappa shape index (κ1) is 14.7. The van der Waals surface area contributed by atoms with E-state index in [2.05, 4.69) is 10.6 Å². The minimum absolute atomic E-state index is 0.220. The molecule has 1 saturated heterocycles. The zero-order chi connectivity index (χ0) is 14.7. The van der Waals surface area contributed by atoms with E-state index >= 15 is 0 Å². The number of ketones is 1. The molecule has 1 heterocycles. The number of amides is 2. The molecule has 1 aromatic rings.